The van der Waals surface area contributed by atoms with E-state index in [4.69, 9.17) is 4.74 Å². The third-order valence-electron chi connectivity index (χ3n) is 8.72. The van der Waals surface area contributed by atoms with Crippen LogP contribution in [0.4, 0.5) is 0 Å². The van der Waals surface area contributed by atoms with Crippen LogP contribution in [0.25, 0.3) is 0 Å². The Hall–Kier alpha value is -1.45. The van der Waals surface area contributed by atoms with Crippen molar-refractivity contribution in [1.82, 2.24) is 0 Å². The summed E-state index contributed by atoms with van der Waals surface area (Å²) >= 11 is 0. The quantitative estimate of drug-likeness (QED) is 0.687. The van der Waals surface area contributed by atoms with E-state index in [1.165, 1.54) is 6.92 Å². The molecule has 0 N–H and O–H groups in total. The van der Waals surface area contributed by atoms with E-state index in [0.717, 1.165) is 38.5 Å². The molecule has 0 saturated heterocycles. The van der Waals surface area contributed by atoms with Crippen LogP contribution in [-0.2, 0) is 19.1 Å². The fourth-order valence-electron chi connectivity index (χ4n) is 7.68. The van der Waals surface area contributed by atoms with Gasteiger partial charge in [-0.25, -0.2) is 0 Å². The van der Waals surface area contributed by atoms with Gasteiger partial charge in [-0.15, -0.1) is 0 Å². The summed E-state index contributed by atoms with van der Waals surface area (Å²) in [7, 11) is 0. The Morgan fingerprint density at radius 1 is 1.16 bits per heavy atom. The summed E-state index contributed by atoms with van der Waals surface area (Å²) in [4.78, 5) is 36.4. The first-order valence-electron chi connectivity index (χ1n) is 9.78. The number of hydrogen-bond acceptors (Lipinski definition) is 4. The summed E-state index contributed by atoms with van der Waals surface area (Å²) in [6.07, 6.45) is 9.93. The maximum atomic E-state index is 12.5. The van der Waals surface area contributed by atoms with Crippen LogP contribution in [0.2, 0.25) is 0 Å². The first-order valence-corrected chi connectivity index (χ1v) is 9.78. The molecule has 0 aliphatic heterocycles. The lowest BCUT2D eigenvalue weighted by Gasteiger charge is -2.52. The zero-order valence-electron chi connectivity index (χ0n) is 15.0. The minimum atomic E-state index is -0.242. The highest BCUT2D eigenvalue weighted by molar-refractivity contribution is 5.93. The zero-order chi connectivity index (χ0) is 17.6. The summed E-state index contributed by atoms with van der Waals surface area (Å²) in [6.45, 7) is 3.65. The number of Topliss-reactive ketones (excluding diaryl/α,β-unsaturated/α-hetero) is 1. The van der Waals surface area contributed by atoms with Crippen molar-refractivity contribution in [3.8, 4) is 0 Å². The summed E-state index contributed by atoms with van der Waals surface area (Å²) in [5.74, 6) is 1.81. The Balaban J connectivity index is 1.56. The first kappa shape index (κ1) is 15.8. The third-order valence-corrected chi connectivity index (χ3v) is 8.72. The molecule has 5 aliphatic rings. The maximum Gasteiger partial charge on any atom is 0.302 e. The second-order valence-electron chi connectivity index (χ2n) is 9.39. The number of ether oxygens (including phenoxy) is 1. The largest absolute Gasteiger partial charge is 0.461 e. The molecule has 0 aromatic rings. The van der Waals surface area contributed by atoms with Crippen molar-refractivity contribution in [2.24, 2.45) is 34.0 Å². The highest BCUT2D eigenvalue weighted by Gasteiger charge is 2.83. The Kier molecular flexibility index (Phi) is 2.92. The van der Waals surface area contributed by atoms with Gasteiger partial charge < -0.3 is 4.74 Å². The number of hydrogen-bond donors (Lipinski definition) is 0. The van der Waals surface area contributed by atoms with Gasteiger partial charge in [0.2, 0.25) is 0 Å². The molecule has 4 nitrogen and oxygen atoms in total. The topological polar surface area (TPSA) is 60.4 Å². The predicted molar refractivity (Wildman–Crippen MR) is 90.5 cm³/mol. The highest BCUT2D eigenvalue weighted by Crippen LogP contribution is 2.81. The van der Waals surface area contributed by atoms with Gasteiger partial charge in [0.15, 0.2) is 5.78 Å². The fourth-order valence-corrected chi connectivity index (χ4v) is 7.68. The van der Waals surface area contributed by atoms with Gasteiger partial charge in [-0.1, -0.05) is 13.0 Å². The summed E-state index contributed by atoms with van der Waals surface area (Å²) in [5, 5.41) is 0. The molecule has 0 amide bonds. The normalized spacial score (nSPS) is 52.7. The molecule has 0 spiro atoms. The van der Waals surface area contributed by atoms with Gasteiger partial charge in [0.05, 0.1) is 0 Å². The van der Waals surface area contributed by atoms with Gasteiger partial charge in [0.25, 0.3) is 0 Å². The summed E-state index contributed by atoms with van der Waals surface area (Å²) in [5.41, 5.74) is -0.456. The number of carbonyl (C=O) groups is 3. The van der Waals surface area contributed by atoms with E-state index < -0.39 is 0 Å². The van der Waals surface area contributed by atoms with Crippen molar-refractivity contribution >= 4 is 17.5 Å². The molecule has 0 unspecified atom stereocenters. The van der Waals surface area contributed by atoms with Crippen LogP contribution in [0.15, 0.2) is 12.2 Å². The minimum absolute atomic E-state index is 0.141. The Morgan fingerprint density at radius 2 is 1.96 bits per heavy atom. The lowest BCUT2D eigenvalue weighted by Crippen LogP contribution is -2.48. The van der Waals surface area contributed by atoms with Crippen molar-refractivity contribution in [3.63, 3.8) is 0 Å². The van der Waals surface area contributed by atoms with Crippen LogP contribution in [0.5, 0.6) is 0 Å². The molecule has 5 rings (SSSR count). The molecule has 0 bridgehead atoms. The maximum absolute atomic E-state index is 12.5. The monoisotopic (exact) mass is 342 g/mol. The van der Waals surface area contributed by atoms with E-state index >= 15 is 0 Å². The van der Waals surface area contributed by atoms with Crippen LogP contribution in [0, 0.1) is 34.0 Å². The van der Waals surface area contributed by atoms with Crippen molar-refractivity contribution in [3.05, 3.63) is 12.2 Å². The molecule has 25 heavy (non-hydrogen) atoms. The van der Waals surface area contributed by atoms with Crippen molar-refractivity contribution in [1.29, 1.82) is 0 Å². The molecule has 134 valence electrons. The molecule has 0 aromatic heterocycles. The summed E-state index contributed by atoms with van der Waals surface area (Å²) in [6, 6.07) is 0. The van der Waals surface area contributed by atoms with Crippen LogP contribution >= 0.6 is 0 Å². The molecule has 7 atom stereocenters. The first-order chi connectivity index (χ1) is 11.8. The van der Waals surface area contributed by atoms with Crippen molar-refractivity contribution in [2.45, 2.75) is 64.9 Å². The van der Waals surface area contributed by atoms with Crippen LogP contribution in [-0.4, -0.2) is 23.6 Å². The standard InChI is InChI=1S/C21H26O4/c1-12(22)25-18-20-9-6-14-15-3-4-17(24)19(15,2)8-7-16(14)21(18,20)10-5-13(23)11-20/h5,10,14-16,18H,3-4,6-9,11H2,1-2H3/t14-,15-,16-,18-,19-,20+,21+/m0/s1. The predicted octanol–water partition coefficient (Wildman–Crippen LogP) is 3.24. The fraction of sp³-hybridized carbons (Fsp3) is 0.762. The molecule has 0 aromatic carbocycles. The van der Waals surface area contributed by atoms with Gasteiger partial charge >= 0.3 is 5.97 Å². The van der Waals surface area contributed by atoms with Crippen molar-refractivity contribution in [2.75, 3.05) is 0 Å². The second kappa shape index (κ2) is 4.63. The number of allylic oxidation sites excluding steroid dienone is 1. The number of fused-ring (bicyclic) bond motifs is 3. The number of carbonyl (C=O) groups excluding carboxylic acids is 3. The third kappa shape index (κ3) is 1.67. The average Bonchev–Trinajstić information content (AvgIpc) is 3.00. The van der Waals surface area contributed by atoms with E-state index in [2.05, 4.69) is 13.0 Å². The van der Waals surface area contributed by atoms with Crippen LogP contribution in [0.3, 0.4) is 0 Å². The molecular weight excluding hydrogens is 316 g/mol. The van der Waals surface area contributed by atoms with Crippen molar-refractivity contribution < 1.29 is 19.1 Å². The van der Waals surface area contributed by atoms with Crippen LogP contribution < -0.4 is 0 Å². The van der Waals surface area contributed by atoms with Gasteiger partial charge in [0, 0.05) is 36.0 Å². The van der Waals surface area contributed by atoms with E-state index in [-0.39, 0.29) is 34.1 Å². The van der Waals surface area contributed by atoms with Gasteiger partial charge in [-0.05, 0) is 55.9 Å². The molecule has 4 saturated carbocycles. The number of rotatable bonds is 1. The molecule has 4 heteroatoms. The lowest BCUT2D eigenvalue weighted by molar-refractivity contribution is -0.144. The molecule has 0 radical (unpaired) electrons. The Labute approximate surface area is 148 Å². The van der Waals surface area contributed by atoms with E-state index in [9.17, 15) is 14.4 Å². The second-order valence-corrected chi connectivity index (χ2v) is 9.39. The molecule has 4 fully saturated rings. The molecule has 0 heterocycles. The molecular formula is C21H26O4. The SMILES string of the molecule is CC(=O)O[C@H]1[C@]23CC[C@@H]4[C@H](CC[C@]5(C)C(=O)CC[C@@H]45)[C@]12C=CC(=O)C3. The van der Waals surface area contributed by atoms with Gasteiger partial charge in [-0.2, -0.15) is 0 Å². The van der Waals surface area contributed by atoms with E-state index in [0.29, 0.717) is 30.0 Å². The number of ketones is 2. The Morgan fingerprint density at radius 3 is 2.72 bits per heavy atom. The van der Waals surface area contributed by atoms with Crippen LogP contribution in [0.1, 0.15) is 58.8 Å². The number of esters is 1. The Bertz CT molecular complexity index is 723. The smallest absolute Gasteiger partial charge is 0.302 e. The zero-order valence-corrected chi connectivity index (χ0v) is 15.0. The van der Waals surface area contributed by atoms with E-state index in [1.54, 1.807) is 6.08 Å². The van der Waals surface area contributed by atoms with E-state index in [1.807, 2.05) is 0 Å². The van der Waals surface area contributed by atoms with Gasteiger partial charge in [-0.3, -0.25) is 14.4 Å². The minimum Gasteiger partial charge on any atom is -0.461 e. The lowest BCUT2D eigenvalue weighted by atomic mass is 9.51. The highest BCUT2D eigenvalue weighted by atomic mass is 16.6. The molecule has 5 aliphatic carbocycles. The summed E-state index contributed by atoms with van der Waals surface area (Å²) < 4.78 is 5.78. The average molecular weight is 342 g/mol. The van der Waals surface area contributed by atoms with Gasteiger partial charge in [0.1, 0.15) is 11.9 Å².